The molecule has 3 rings (SSSR count). The van der Waals surface area contributed by atoms with Crippen molar-refractivity contribution in [1.29, 1.82) is 0 Å². The van der Waals surface area contributed by atoms with E-state index in [1.807, 2.05) is 12.1 Å². The molecule has 120 valence electrons. The van der Waals surface area contributed by atoms with Gasteiger partial charge in [-0.15, -0.1) is 11.3 Å². The van der Waals surface area contributed by atoms with Crippen molar-refractivity contribution in [3.8, 4) is 5.75 Å². The van der Waals surface area contributed by atoms with Gasteiger partial charge >= 0.3 is 6.03 Å². The summed E-state index contributed by atoms with van der Waals surface area (Å²) in [6, 6.07) is 6.68. The zero-order chi connectivity index (χ0) is 16.2. The van der Waals surface area contributed by atoms with E-state index in [-0.39, 0.29) is 24.4 Å². The molecule has 2 aromatic rings. The predicted octanol–water partition coefficient (Wildman–Crippen LogP) is 2.08. The first kappa shape index (κ1) is 15.3. The van der Waals surface area contributed by atoms with Crippen molar-refractivity contribution >= 4 is 34.1 Å². The van der Waals surface area contributed by atoms with Crippen LogP contribution in [0.4, 0.5) is 15.6 Å². The Bertz CT molecular complexity index is 687. The van der Waals surface area contributed by atoms with Crippen LogP contribution in [0.15, 0.2) is 35.8 Å². The molecule has 3 amide bonds. The van der Waals surface area contributed by atoms with Gasteiger partial charge in [-0.3, -0.25) is 10.1 Å². The number of nitrogens with zero attached hydrogens (tertiary/aromatic N) is 2. The maximum absolute atomic E-state index is 12.2. The van der Waals surface area contributed by atoms with Crippen LogP contribution in [0.2, 0.25) is 0 Å². The number of hydrogen-bond donors (Lipinski definition) is 2. The highest BCUT2D eigenvalue weighted by Crippen LogP contribution is 2.24. The lowest BCUT2D eigenvalue weighted by molar-refractivity contribution is -0.117. The third-order valence-electron chi connectivity index (χ3n) is 3.50. The fraction of sp³-hybridized carbons (Fsp3) is 0.267. The second-order valence-electron chi connectivity index (χ2n) is 5.04. The number of nitrogens with one attached hydrogen (secondary N) is 2. The Hall–Kier alpha value is -2.61. The van der Waals surface area contributed by atoms with E-state index in [1.54, 1.807) is 35.7 Å². The number of methoxy groups -OCH3 is 1. The van der Waals surface area contributed by atoms with Crippen molar-refractivity contribution < 1.29 is 14.3 Å². The standard InChI is InChI=1S/C15H16N4O3S/c1-22-12-4-2-11(3-5-12)19-9-10(8-13(19)20)17-14(21)18-15-16-6-7-23-15/h2-7,10H,8-9H2,1H3,(H2,16,17,18,21)/t10-/m1/s1. The second-order valence-corrected chi connectivity index (χ2v) is 5.93. The van der Waals surface area contributed by atoms with Crippen LogP contribution in [0.5, 0.6) is 5.75 Å². The molecular weight excluding hydrogens is 316 g/mol. The van der Waals surface area contributed by atoms with E-state index in [0.29, 0.717) is 11.7 Å². The summed E-state index contributed by atoms with van der Waals surface area (Å²) in [6.45, 7) is 0.441. The summed E-state index contributed by atoms with van der Waals surface area (Å²) in [5, 5.41) is 7.75. The van der Waals surface area contributed by atoms with Gasteiger partial charge in [0.2, 0.25) is 5.91 Å². The fourth-order valence-electron chi connectivity index (χ4n) is 2.42. The number of rotatable bonds is 4. The highest BCUT2D eigenvalue weighted by atomic mass is 32.1. The average Bonchev–Trinajstić information content (AvgIpc) is 3.17. The van der Waals surface area contributed by atoms with E-state index in [1.165, 1.54) is 11.3 Å². The van der Waals surface area contributed by atoms with Crippen molar-refractivity contribution in [2.45, 2.75) is 12.5 Å². The van der Waals surface area contributed by atoms with Crippen molar-refractivity contribution in [2.24, 2.45) is 0 Å². The summed E-state index contributed by atoms with van der Waals surface area (Å²) < 4.78 is 5.11. The molecular formula is C15H16N4O3S. The number of amides is 3. The van der Waals surface area contributed by atoms with E-state index in [2.05, 4.69) is 15.6 Å². The van der Waals surface area contributed by atoms with Crippen LogP contribution in [-0.2, 0) is 4.79 Å². The second kappa shape index (κ2) is 6.66. The monoisotopic (exact) mass is 332 g/mol. The lowest BCUT2D eigenvalue weighted by atomic mass is 10.2. The zero-order valence-corrected chi connectivity index (χ0v) is 13.3. The van der Waals surface area contributed by atoms with Crippen LogP contribution in [0.25, 0.3) is 0 Å². The van der Waals surface area contributed by atoms with Crippen molar-refractivity contribution in [1.82, 2.24) is 10.3 Å². The van der Waals surface area contributed by atoms with Crippen LogP contribution < -0.4 is 20.3 Å². The van der Waals surface area contributed by atoms with E-state index >= 15 is 0 Å². The molecule has 8 heteroatoms. The van der Waals surface area contributed by atoms with Crippen LogP contribution in [0.1, 0.15) is 6.42 Å². The van der Waals surface area contributed by atoms with Gasteiger partial charge in [-0.25, -0.2) is 9.78 Å². The minimum atomic E-state index is -0.352. The molecule has 2 N–H and O–H groups in total. The highest BCUT2D eigenvalue weighted by Gasteiger charge is 2.31. The van der Waals surface area contributed by atoms with Crippen LogP contribution in [-0.4, -0.2) is 36.6 Å². The number of urea groups is 1. The number of thiazole rings is 1. The van der Waals surface area contributed by atoms with Crippen molar-refractivity contribution in [3.05, 3.63) is 35.8 Å². The van der Waals surface area contributed by atoms with Gasteiger partial charge in [0.25, 0.3) is 0 Å². The van der Waals surface area contributed by atoms with Gasteiger partial charge in [0.05, 0.1) is 13.2 Å². The quantitative estimate of drug-likeness (QED) is 0.898. The first-order chi connectivity index (χ1) is 11.2. The molecule has 1 saturated heterocycles. The molecule has 1 fully saturated rings. The molecule has 7 nitrogen and oxygen atoms in total. The Balaban J connectivity index is 1.59. The summed E-state index contributed by atoms with van der Waals surface area (Å²) >= 11 is 1.34. The Morgan fingerprint density at radius 3 is 2.83 bits per heavy atom. The highest BCUT2D eigenvalue weighted by molar-refractivity contribution is 7.13. The van der Waals surface area contributed by atoms with Crippen LogP contribution in [0.3, 0.4) is 0 Å². The smallest absolute Gasteiger partial charge is 0.321 e. The molecule has 0 bridgehead atoms. The van der Waals surface area contributed by atoms with Gasteiger partial charge in [0.15, 0.2) is 5.13 Å². The first-order valence-electron chi connectivity index (χ1n) is 7.07. The SMILES string of the molecule is COc1ccc(N2C[C@H](NC(=O)Nc3nccs3)CC2=O)cc1. The molecule has 0 spiro atoms. The van der Waals surface area contributed by atoms with Crippen LogP contribution >= 0.6 is 11.3 Å². The number of carbonyl (C=O) groups excluding carboxylic acids is 2. The molecule has 2 heterocycles. The molecule has 1 aliphatic rings. The number of carbonyl (C=O) groups is 2. The largest absolute Gasteiger partial charge is 0.497 e. The summed E-state index contributed by atoms with van der Waals surface area (Å²) in [7, 11) is 1.59. The Kier molecular flexibility index (Phi) is 4.42. The molecule has 0 aliphatic carbocycles. The topological polar surface area (TPSA) is 83.6 Å². The molecule has 1 aliphatic heterocycles. The number of benzene rings is 1. The lowest BCUT2D eigenvalue weighted by Crippen LogP contribution is -2.39. The number of aromatic nitrogens is 1. The summed E-state index contributed by atoms with van der Waals surface area (Å²) in [5.74, 6) is 0.715. The van der Waals surface area contributed by atoms with Crippen LogP contribution in [0, 0.1) is 0 Å². The molecule has 0 unspecified atom stereocenters. The minimum Gasteiger partial charge on any atom is -0.497 e. The normalized spacial score (nSPS) is 17.2. The van der Waals surface area contributed by atoms with Gasteiger partial charge in [-0.05, 0) is 24.3 Å². The third kappa shape index (κ3) is 3.59. The lowest BCUT2D eigenvalue weighted by Gasteiger charge is -2.17. The van der Waals surface area contributed by atoms with E-state index in [9.17, 15) is 9.59 Å². The van der Waals surface area contributed by atoms with Gasteiger partial charge in [-0.2, -0.15) is 0 Å². The average molecular weight is 332 g/mol. The number of anilines is 2. The number of ether oxygens (including phenoxy) is 1. The Morgan fingerprint density at radius 1 is 1.39 bits per heavy atom. The first-order valence-corrected chi connectivity index (χ1v) is 7.95. The van der Waals surface area contributed by atoms with Gasteiger partial charge < -0.3 is 15.0 Å². The van der Waals surface area contributed by atoms with Gasteiger partial charge in [-0.1, -0.05) is 0 Å². The molecule has 0 saturated carbocycles. The predicted molar refractivity (Wildman–Crippen MR) is 88.0 cm³/mol. The summed E-state index contributed by atoms with van der Waals surface area (Å²) in [4.78, 5) is 29.7. The maximum atomic E-state index is 12.2. The molecule has 1 aromatic carbocycles. The Morgan fingerprint density at radius 2 is 2.17 bits per heavy atom. The third-order valence-corrected chi connectivity index (χ3v) is 4.19. The molecule has 1 atom stereocenters. The van der Waals surface area contributed by atoms with E-state index < -0.39 is 0 Å². The molecule has 0 radical (unpaired) electrons. The fourth-order valence-corrected chi connectivity index (χ4v) is 2.94. The summed E-state index contributed by atoms with van der Waals surface area (Å²) in [5.41, 5.74) is 0.792. The zero-order valence-electron chi connectivity index (χ0n) is 12.5. The minimum absolute atomic E-state index is 0.0188. The maximum Gasteiger partial charge on any atom is 0.321 e. The summed E-state index contributed by atoms with van der Waals surface area (Å²) in [6.07, 6.45) is 1.89. The molecule has 1 aromatic heterocycles. The van der Waals surface area contributed by atoms with Crippen molar-refractivity contribution in [3.63, 3.8) is 0 Å². The van der Waals surface area contributed by atoms with Gasteiger partial charge in [0.1, 0.15) is 5.75 Å². The number of hydrogen-bond acceptors (Lipinski definition) is 5. The van der Waals surface area contributed by atoms with Gasteiger partial charge in [0, 0.05) is 30.2 Å². The van der Waals surface area contributed by atoms with E-state index in [0.717, 1.165) is 11.4 Å². The molecule has 23 heavy (non-hydrogen) atoms. The van der Waals surface area contributed by atoms with E-state index in [4.69, 9.17) is 4.74 Å². The van der Waals surface area contributed by atoms with Crippen molar-refractivity contribution in [2.75, 3.05) is 23.9 Å². The Labute approximate surface area is 137 Å².